The molecule has 1 aromatic heterocycles. The van der Waals surface area contributed by atoms with Crippen molar-refractivity contribution in [2.45, 2.75) is 26.7 Å². The molecule has 328 valence electrons. The van der Waals surface area contributed by atoms with E-state index >= 15 is 0 Å². The standard InChI is InChI=1S/C37H56N8O14/c1-7-13-38-29(46)23-43(25-52-15-19-56-31(48)9-3)35-40-36(44(24-30(47)39-14-8-2)26-53-16-20-57-32(49)10-4)42-37(41-35)45(27-54-17-21-58-33(50)11-5)28-55-18-22-59-34(51)12-6/h9-12H,3-8,13-28H2,1-2H3,(H,38,46)(H,39,47). The van der Waals surface area contributed by atoms with Gasteiger partial charge in [-0.1, -0.05) is 40.2 Å². The number of carbonyl (C=O) groups is 6. The molecule has 0 aliphatic carbocycles. The van der Waals surface area contributed by atoms with Crippen molar-refractivity contribution < 1.29 is 66.7 Å². The lowest BCUT2D eigenvalue weighted by molar-refractivity contribution is -0.140. The van der Waals surface area contributed by atoms with Gasteiger partial charge in [0.05, 0.1) is 26.4 Å². The summed E-state index contributed by atoms with van der Waals surface area (Å²) in [5.74, 6) is -3.72. The minimum Gasteiger partial charge on any atom is -0.460 e. The second-order valence-corrected chi connectivity index (χ2v) is 11.5. The van der Waals surface area contributed by atoms with Crippen LogP contribution in [-0.2, 0) is 66.7 Å². The Morgan fingerprint density at radius 3 is 1.02 bits per heavy atom. The Bertz CT molecular complexity index is 1410. The molecule has 2 N–H and O–H groups in total. The number of hydrogen-bond acceptors (Lipinski definition) is 20. The summed E-state index contributed by atoms with van der Waals surface area (Å²) < 4.78 is 43.0. The van der Waals surface area contributed by atoms with E-state index in [-0.39, 0.29) is 111 Å². The van der Waals surface area contributed by atoms with Crippen molar-refractivity contribution in [2.24, 2.45) is 0 Å². The van der Waals surface area contributed by atoms with Crippen molar-refractivity contribution in [3.05, 3.63) is 50.6 Å². The van der Waals surface area contributed by atoms with Gasteiger partial charge < -0.3 is 58.3 Å². The molecule has 0 unspecified atom stereocenters. The molecule has 59 heavy (non-hydrogen) atoms. The summed E-state index contributed by atoms with van der Waals surface area (Å²) in [4.78, 5) is 90.4. The van der Waals surface area contributed by atoms with Crippen molar-refractivity contribution in [2.75, 3.05) is 121 Å². The largest absolute Gasteiger partial charge is 0.460 e. The van der Waals surface area contributed by atoms with E-state index in [1.807, 2.05) is 13.8 Å². The maximum absolute atomic E-state index is 13.1. The van der Waals surface area contributed by atoms with Crippen LogP contribution in [0.2, 0.25) is 0 Å². The second-order valence-electron chi connectivity index (χ2n) is 11.5. The van der Waals surface area contributed by atoms with Gasteiger partial charge in [-0.2, -0.15) is 15.0 Å². The molecule has 2 amide bonds. The third-order valence-corrected chi connectivity index (χ3v) is 6.80. The lowest BCUT2D eigenvalue weighted by Crippen LogP contribution is -2.42. The van der Waals surface area contributed by atoms with Gasteiger partial charge in [-0.3, -0.25) is 14.5 Å². The first-order chi connectivity index (χ1) is 28.5. The number of aromatic nitrogens is 3. The highest BCUT2D eigenvalue weighted by molar-refractivity contribution is 5.83. The van der Waals surface area contributed by atoms with Gasteiger partial charge in [-0.05, 0) is 12.8 Å². The maximum atomic E-state index is 13.1. The minimum atomic E-state index is -0.650. The van der Waals surface area contributed by atoms with Crippen LogP contribution in [0.1, 0.15) is 26.7 Å². The van der Waals surface area contributed by atoms with Crippen molar-refractivity contribution in [1.29, 1.82) is 0 Å². The van der Waals surface area contributed by atoms with Gasteiger partial charge in [0.1, 0.15) is 66.4 Å². The summed E-state index contributed by atoms with van der Waals surface area (Å²) in [5, 5.41) is 5.57. The Hall–Kier alpha value is -5.97. The zero-order valence-corrected chi connectivity index (χ0v) is 33.8. The predicted molar refractivity (Wildman–Crippen MR) is 211 cm³/mol. The molecule has 0 spiro atoms. The van der Waals surface area contributed by atoms with Gasteiger partial charge in [0.15, 0.2) is 0 Å². The third kappa shape index (κ3) is 23.8. The summed E-state index contributed by atoms with van der Waals surface area (Å²) >= 11 is 0. The van der Waals surface area contributed by atoms with E-state index in [2.05, 4.69) is 51.9 Å². The van der Waals surface area contributed by atoms with Crippen LogP contribution in [0.25, 0.3) is 0 Å². The first kappa shape index (κ1) is 51.0. The summed E-state index contributed by atoms with van der Waals surface area (Å²) in [6.07, 6.45) is 5.34. The molecule has 0 saturated heterocycles. The molecule has 0 radical (unpaired) electrons. The van der Waals surface area contributed by atoms with Crippen molar-refractivity contribution in [3.63, 3.8) is 0 Å². The van der Waals surface area contributed by atoms with Gasteiger partial charge in [-0.15, -0.1) is 0 Å². The monoisotopic (exact) mass is 836 g/mol. The fourth-order valence-electron chi connectivity index (χ4n) is 4.00. The molecule has 0 saturated carbocycles. The van der Waals surface area contributed by atoms with Crippen molar-refractivity contribution >= 4 is 53.5 Å². The Labute approximate surface area is 343 Å². The van der Waals surface area contributed by atoms with E-state index in [9.17, 15) is 28.8 Å². The van der Waals surface area contributed by atoms with Crippen LogP contribution in [0.5, 0.6) is 0 Å². The Kier molecular flexibility index (Phi) is 27.7. The fourth-order valence-corrected chi connectivity index (χ4v) is 4.00. The highest BCUT2D eigenvalue weighted by Gasteiger charge is 2.24. The lowest BCUT2D eigenvalue weighted by atomic mass is 10.4. The van der Waals surface area contributed by atoms with E-state index in [0.717, 1.165) is 24.3 Å². The first-order valence-corrected chi connectivity index (χ1v) is 18.5. The minimum absolute atomic E-state index is 0.0696. The van der Waals surface area contributed by atoms with Crippen LogP contribution in [-0.4, -0.2) is 157 Å². The van der Waals surface area contributed by atoms with Gasteiger partial charge in [0, 0.05) is 37.4 Å². The van der Waals surface area contributed by atoms with E-state index in [0.29, 0.717) is 25.9 Å². The fraction of sp³-hybridized carbons (Fsp3) is 0.541. The number of esters is 4. The van der Waals surface area contributed by atoms with E-state index in [1.165, 1.54) is 14.7 Å². The SMILES string of the molecule is C=CC(=O)OCCOCN(COCCOC(=O)C=C)c1nc(N(COCCOC(=O)C=C)CC(=O)NCCC)nc(N(COCCOC(=O)C=C)CC(=O)NCCC)n1. The van der Waals surface area contributed by atoms with Gasteiger partial charge >= 0.3 is 23.9 Å². The number of rotatable bonds is 35. The number of amides is 2. The molecular weight excluding hydrogens is 780 g/mol. The molecule has 1 heterocycles. The number of carbonyl (C=O) groups excluding carboxylic acids is 6. The van der Waals surface area contributed by atoms with Gasteiger partial charge in [0.2, 0.25) is 29.7 Å². The molecule has 0 atom stereocenters. The average molecular weight is 837 g/mol. The molecule has 0 bridgehead atoms. The van der Waals surface area contributed by atoms with E-state index < -0.39 is 35.7 Å². The molecule has 22 nitrogen and oxygen atoms in total. The molecule has 22 heteroatoms. The molecule has 1 rings (SSSR count). The molecule has 1 aromatic rings. The Balaban J connectivity index is 3.75. The van der Waals surface area contributed by atoms with E-state index in [1.54, 1.807) is 0 Å². The number of nitrogens with one attached hydrogen (secondary N) is 2. The molecule has 0 aliphatic heterocycles. The lowest BCUT2D eigenvalue weighted by Gasteiger charge is -2.28. The summed E-state index contributed by atoms with van der Waals surface area (Å²) in [6.45, 7) is 15.5. The van der Waals surface area contributed by atoms with E-state index in [4.69, 9.17) is 37.9 Å². The zero-order valence-electron chi connectivity index (χ0n) is 33.8. The topological polar surface area (TPSA) is 249 Å². The third-order valence-electron chi connectivity index (χ3n) is 6.80. The molecule has 0 fully saturated rings. The quantitative estimate of drug-likeness (QED) is 0.0304. The number of ether oxygens (including phenoxy) is 8. The van der Waals surface area contributed by atoms with Crippen LogP contribution < -0.4 is 25.3 Å². The molecule has 0 aliphatic rings. The van der Waals surface area contributed by atoms with Crippen LogP contribution in [0.4, 0.5) is 17.8 Å². The van der Waals surface area contributed by atoms with Crippen molar-refractivity contribution in [3.8, 4) is 0 Å². The Morgan fingerprint density at radius 1 is 0.475 bits per heavy atom. The second kappa shape index (κ2) is 32.0. The smallest absolute Gasteiger partial charge is 0.330 e. The van der Waals surface area contributed by atoms with Crippen molar-refractivity contribution in [1.82, 2.24) is 25.6 Å². The maximum Gasteiger partial charge on any atom is 0.330 e. The highest BCUT2D eigenvalue weighted by atomic mass is 16.6. The first-order valence-electron chi connectivity index (χ1n) is 18.5. The summed E-state index contributed by atoms with van der Waals surface area (Å²) in [7, 11) is 0. The van der Waals surface area contributed by atoms with Crippen LogP contribution in [0.3, 0.4) is 0 Å². The predicted octanol–water partition coefficient (Wildman–Crippen LogP) is 0.156. The number of hydrogen-bond donors (Lipinski definition) is 2. The molecule has 0 aromatic carbocycles. The summed E-state index contributed by atoms with van der Waals surface area (Å²) in [5.41, 5.74) is 0. The number of anilines is 3. The van der Waals surface area contributed by atoms with Crippen LogP contribution in [0, 0.1) is 0 Å². The van der Waals surface area contributed by atoms with Crippen LogP contribution in [0.15, 0.2) is 50.6 Å². The highest BCUT2D eigenvalue weighted by Crippen LogP contribution is 2.20. The normalized spacial score (nSPS) is 10.3. The molecular formula is C37H56N8O14. The number of nitrogens with zero attached hydrogens (tertiary/aromatic N) is 6. The van der Waals surface area contributed by atoms with Crippen LogP contribution >= 0.6 is 0 Å². The Morgan fingerprint density at radius 2 is 0.746 bits per heavy atom. The van der Waals surface area contributed by atoms with Gasteiger partial charge in [-0.25, -0.2) is 19.2 Å². The zero-order chi connectivity index (χ0) is 43.7. The average Bonchev–Trinajstić information content (AvgIpc) is 3.24. The summed E-state index contributed by atoms with van der Waals surface area (Å²) in [6, 6.07) is 0. The van der Waals surface area contributed by atoms with Gasteiger partial charge in [0.25, 0.3) is 0 Å².